The van der Waals surface area contributed by atoms with Gasteiger partial charge in [0.15, 0.2) is 0 Å². The maximum Gasteiger partial charge on any atom is 0.305 e. The number of methoxy groups -OCH3 is 1. The molecule has 0 radical (unpaired) electrons. The van der Waals surface area contributed by atoms with Crippen LogP contribution in [0.2, 0.25) is 4.34 Å². The zero-order valence-electron chi connectivity index (χ0n) is 40.6. The number of halogens is 1. The maximum atomic E-state index is 12.1. The van der Waals surface area contributed by atoms with Gasteiger partial charge >= 0.3 is 5.97 Å². The summed E-state index contributed by atoms with van der Waals surface area (Å²) >= 11 is 10.4. The Morgan fingerprint density at radius 2 is 1.15 bits per heavy atom. The van der Waals surface area contributed by atoms with Crippen molar-refractivity contribution < 1.29 is 9.53 Å². The van der Waals surface area contributed by atoms with E-state index in [-0.39, 0.29) is 16.8 Å². The number of benzene rings is 6. The molecule has 8 aromatic rings. The van der Waals surface area contributed by atoms with Gasteiger partial charge in [-0.05, 0) is 172 Å². The van der Waals surface area contributed by atoms with Gasteiger partial charge in [0, 0.05) is 54.5 Å². The van der Waals surface area contributed by atoms with Crippen molar-refractivity contribution >= 4 is 57.3 Å². The van der Waals surface area contributed by atoms with Crippen molar-refractivity contribution in [3.8, 4) is 54.3 Å². The van der Waals surface area contributed by atoms with E-state index in [4.69, 9.17) is 16.3 Å². The molecule has 0 bridgehead atoms. The van der Waals surface area contributed by atoms with Crippen molar-refractivity contribution in [1.82, 2.24) is 0 Å². The van der Waals surface area contributed by atoms with E-state index in [2.05, 4.69) is 187 Å². The van der Waals surface area contributed by atoms with Gasteiger partial charge in [-0.1, -0.05) is 138 Å². The molecule has 0 fully saturated rings. The lowest BCUT2D eigenvalue weighted by Gasteiger charge is -2.30. The molecule has 344 valence electrons. The third-order valence-corrected chi connectivity index (χ3v) is 17.2. The molecule has 0 atom stereocenters. The highest BCUT2D eigenvalue weighted by atomic mass is 35.5. The predicted octanol–water partition coefficient (Wildman–Crippen LogP) is 18.4. The van der Waals surface area contributed by atoms with E-state index in [0.717, 1.165) is 27.0 Å². The molecule has 2 aromatic heterocycles. The largest absolute Gasteiger partial charge is 0.469 e. The Balaban J connectivity index is 1.02. The summed E-state index contributed by atoms with van der Waals surface area (Å²) < 4.78 is 5.76. The van der Waals surface area contributed by atoms with E-state index >= 15 is 0 Å². The number of unbranched alkanes of at least 4 members (excludes halogenated alkanes) is 3. The monoisotopic (exact) mass is 949 g/mol. The van der Waals surface area contributed by atoms with Crippen molar-refractivity contribution in [2.45, 2.75) is 104 Å². The van der Waals surface area contributed by atoms with Crippen molar-refractivity contribution in [1.29, 1.82) is 0 Å². The summed E-state index contributed by atoms with van der Waals surface area (Å²) in [5, 5.41) is 0. The van der Waals surface area contributed by atoms with Crippen molar-refractivity contribution in [3.63, 3.8) is 0 Å². The zero-order chi connectivity index (χ0) is 47.5. The fourth-order valence-electron chi connectivity index (χ4n) is 10.9. The number of carbonyl (C=O) groups excluding carboxylic acids is 1. The van der Waals surface area contributed by atoms with Gasteiger partial charge in [0.05, 0.1) is 11.4 Å². The lowest BCUT2D eigenvalue weighted by atomic mass is 9.81. The molecule has 68 heavy (non-hydrogen) atoms. The number of nitrogens with zero attached hydrogens (tertiary/aromatic N) is 1. The molecule has 0 saturated heterocycles. The minimum Gasteiger partial charge on any atom is -0.469 e. The second kappa shape index (κ2) is 18.3. The SMILES string of the molecule is CCCCCCc1ccc(-c2ccc3c(c2)C(C)(C)c2cc(N(c4ccc(CCC(=O)OC)cc4)c4ccc5c(c4)C(C)(C)c4cc(-c6sc(Cl)cc6-c6ccc(C)cc6C)ccc4-5)ccc2-3)s1. The first kappa shape index (κ1) is 46.0. The Kier molecular flexibility index (Phi) is 12.4. The molecule has 2 heterocycles. The van der Waals surface area contributed by atoms with E-state index in [0.29, 0.717) is 12.8 Å². The third kappa shape index (κ3) is 8.35. The Hall–Kier alpha value is -5.72. The molecule has 10 rings (SSSR count). The highest BCUT2D eigenvalue weighted by molar-refractivity contribution is 7.20. The number of hydrogen-bond donors (Lipinski definition) is 0. The normalized spacial score (nSPS) is 13.8. The number of rotatable bonds is 14. The van der Waals surface area contributed by atoms with Crippen LogP contribution >= 0.6 is 34.3 Å². The van der Waals surface area contributed by atoms with Gasteiger partial charge < -0.3 is 9.64 Å². The van der Waals surface area contributed by atoms with E-state index in [1.54, 1.807) is 11.3 Å². The molecule has 3 nitrogen and oxygen atoms in total. The van der Waals surface area contributed by atoms with Gasteiger partial charge in [-0.2, -0.15) is 0 Å². The highest BCUT2D eigenvalue weighted by Crippen LogP contribution is 2.55. The number of fused-ring (bicyclic) bond motifs is 6. The minimum atomic E-state index is -0.265. The van der Waals surface area contributed by atoms with Crippen LogP contribution in [0.5, 0.6) is 0 Å². The molecule has 0 amide bonds. The second-order valence-electron chi connectivity index (χ2n) is 20.0. The van der Waals surface area contributed by atoms with Crippen LogP contribution in [0.25, 0.3) is 54.3 Å². The lowest BCUT2D eigenvalue weighted by molar-refractivity contribution is -0.140. The molecule has 2 aliphatic carbocycles. The maximum absolute atomic E-state index is 12.1. The van der Waals surface area contributed by atoms with Crippen LogP contribution in [0.4, 0.5) is 17.1 Å². The molecule has 0 saturated carbocycles. The van der Waals surface area contributed by atoms with Gasteiger partial charge in [-0.25, -0.2) is 0 Å². The lowest BCUT2D eigenvalue weighted by Crippen LogP contribution is -2.18. The number of ether oxygens (including phenoxy) is 1. The van der Waals surface area contributed by atoms with Gasteiger partial charge in [0.2, 0.25) is 0 Å². The van der Waals surface area contributed by atoms with Crippen molar-refractivity contribution in [3.05, 3.63) is 182 Å². The Morgan fingerprint density at radius 1 is 0.574 bits per heavy atom. The van der Waals surface area contributed by atoms with Gasteiger partial charge in [-0.15, -0.1) is 22.7 Å². The Bertz CT molecular complexity index is 3220. The highest BCUT2D eigenvalue weighted by Gasteiger charge is 2.38. The standard InChI is InChI=1S/C62H60ClNO2S2/c1-9-10-11-12-13-46-24-30-57(67-46)41-18-26-48-50-28-22-44(35-55(50)61(4,5)53(48)33-41)64(43-20-15-40(16-21-43)17-31-59(65)66-8)45-23-29-51-49-27-19-42(34-54(49)62(6,7)56(51)36-45)60-52(37-58(63)68-60)47-25-14-38(2)32-39(47)3/h14-16,18-30,32-37H,9-13,17,31H2,1-8H3. The molecular formula is C62H60ClNO2S2. The smallest absolute Gasteiger partial charge is 0.305 e. The second-order valence-corrected chi connectivity index (χ2v) is 22.8. The van der Waals surface area contributed by atoms with Crippen LogP contribution in [0, 0.1) is 13.8 Å². The van der Waals surface area contributed by atoms with Crippen molar-refractivity contribution in [2.24, 2.45) is 0 Å². The summed E-state index contributed by atoms with van der Waals surface area (Å²) in [6.07, 6.45) is 7.29. The fraction of sp³-hybridized carbons (Fsp3) is 0.274. The first-order valence-electron chi connectivity index (χ1n) is 24.3. The number of anilines is 3. The number of esters is 1. The summed E-state index contributed by atoms with van der Waals surface area (Å²) in [4.78, 5) is 18.5. The molecule has 0 aliphatic heterocycles. The summed E-state index contributed by atoms with van der Waals surface area (Å²) in [6.45, 7) is 16.1. The summed E-state index contributed by atoms with van der Waals surface area (Å²) in [7, 11) is 1.45. The number of aryl methyl sites for hydroxylation is 4. The number of thiophene rings is 2. The molecule has 6 heteroatoms. The average Bonchev–Trinajstić information content (AvgIpc) is 4.08. The number of carbonyl (C=O) groups is 1. The van der Waals surface area contributed by atoms with Crippen LogP contribution in [-0.2, 0) is 33.2 Å². The van der Waals surface area contributed by atoms with Gasteiger partial charge in [-0.3, -0.25) is 4.79 Å². The van der Waals surface area contributed by atoms with E-state index in [9.17, 15) is 4.79 Å². The molecular weight excluding hydrogens is 890 g/mol. The first-order valence-corrected chi connectivity index (χ1v) is 26.3. The molecule has 6 aromatic carbocycles. The Labute approximate surface area is 416 Å². The first-order chi connectivity index (χ1) is 32.7. The van der Waals surface area contributed by atoms with E-state index in [1.807, 2.05) is 11.3 Å². The van der Waals surface area contributed by atoms with Gasteiger partial charge in [0.1, 0.15) is 0 Å². The van der Waals surface area contributed by atoms with Gasteiger partial charge in [0.25, 0.3) is 0 Å². The van der Waals surface area contributed by atoms with Crippen LogP contribution in [0.3, 0.4) is 0 Å². The molecule has 2 aliphatic rings. The molecule has 0 unspecified atom stereocenters. The Morgan fingerprint density at radius 3 is 1.76 bits per heavy atom. The van der Waals surface area contributed by atoms with Crippen LogP contribution < -0.4 is 4.90 Å². The molecule has 0 N–H and O–H groups in total. The van der Waals surface area contributed by atoms with Crippen LogP contribution in [0.1, 0.15) is 111 Å². The minimum absolute atomic E-state index is 0.197. The van der Waals surface area contributed by atoms with Crippen molar-refractivity contribution in [2.75, 3.05) is 12.0 Å². The third-order valence-electron chi connectivity index (χ3n) is 14.7. The van der Waals surface area contributed by atoms with E-state index in [1.165, 1.54) is 132 Å². The number of hydrogen-bond acceptors (Lipinski definition) is 5. The quantitative estimate of drug-likeness (QED) is 0.0803. The average molecular weight is 951 g/mol. The van der Waals surface area contributed by atoms with E-state index < -0.39 is 0 Å². The summed E-state index contributed by atoms with van der Waals surface area (Å²) in [6, 6.07) is 50.4. The van der Waals surface area contributed by atoms with Crippen LogP contribution in [-0.4, -0.2) is 13.1 Å². The topological polar surface area (TPSA) is 29.5 Å². The fourth-order valence-corrected chi connectivity index (χ4v) is 13.2. The summed E-state index contributed by atoms with van der Waals surface area (Å²) in [5.74, 6) is -0.197. The predicted molar refractivity (Wildman–Crippen MR) is 291 cm³/mol. The zero-order valence-corrected chi connectivity index (χ0v) is 43.0. The summed E-state index contributed by atoms with van der Waals surface area (Å²) in [5.41, 5.74) is 21.8. The van der Waals surface area contributed by atoms with Crippen LogP contribution in [0.15, 0.2) is 133 Å². The molecule has 0 spiro atoms.